The highest BCUT2D eigenvalue weighted by Crippen LogP contribution is 2.39. The molecule has 0 saturated heterocycles. The molecule has 1 aromatic carbocycles. The highest BCUT2D eigenvalue weighted by molar-refractivity contribution is 7.89. The van der Waals surface area contributed by atoms with Crippen LogP contribution in [-0.4, -0.2) is 37.1 Å². The van der Waals surface area contributed by atoms with Crippen LogP contribution in [0.1, 0.15) is 57.9 Å². The molecular weight excluding hydrogens is 462 g/mol. The Labute approximate surface area is 198 Å². The maximum absolute atomic E-state index is 12.5. The van der Waals surface area contributed by atoms with E-state index in [1.807, 2.05) is 26.8 Å². The summed E-state index contributed by atoms with van der Waals surface area (Å²) in [5.41, 5.74) is 0.677. The van der Waals surface area contributed by atoms with Crippen molar-refractivity contribution >= 4 is 27.3 Å². The Hall–Kier alpha value is -3.25. The summed E-state index contributed by atoms with van der Waals surface area (Å²) in [7, 11) is -1.18. The van der Waals surface area contributed by atoms with Crippen molar-refractivity contribution in [2.75, 3.05) is 24.7 Å². The first-order valence-corrected chi connectivity index (χ1v) is 12.1. The number of phenols is 1. The molecule has 34 heavy (non-hydrogen) atoms. The second-order valence-corrected chi connectivity index (χ2v) is 11.7. The van der Waals surface area contributed by atoms with Crippen LogP contribution < -0.4 is 15.5 Å². The van der Waals surface area contributed by atoms with Gasteiger partial charge in [-0.1, -0.05) is 45.6 Å². The van der Waals surface area contributed by atoms with Crippen LogP contribution in [0.25, 0.3) is 0 Å². The number of hydrogen-bond acceptors (Lipinski definition) is 9. The summed E-state index contributed by atoms with van der Waals surface area (Å²) in [6.07, 6.45) is 1.69. The van der Waals surface area contributed by atoms with Crippen LogP contribution in [0.5, 0.6) is 5.75 Å². The average Bonchev–Trinajstić information content (AvgIpc) is 3.34. The van der Waals surface area contributed by atoms with Crippen LogP contribution in [-0.2, 0) is 10.0 Å². The number of benzene rings is 1. The van der Waals surface area contributed by atoms with Gasteiger partial charge in [0.05, 0.1) is 12.0 Å². The van der Waals surface area contributed by atoms with Crippen LogP contribution in [0, 0.1) is 10.6 Å². The molecule has 0 saturated carbocycles. The zero-order valence-electron chi connectivity index (χ0n) is 20.3. The molecule has 0 aliphatic rings. The molecule has 0 radical (unpaired) electrons. The summed E-state index contributed by atoms with van der Waals surface area (Å²) in [4.78, 5) is -0.0925. The van der Waals surface area contributed by atoms with Crippen LogP contribution in [0.4, 0.5) is 17.3 Å². The minimum atomic E-state index is -3.90. The van der Waals surface area contributed by atoms with Gasteiger partial charge in [0.1, 0.15) is 16.7 Å². The van der Waals surface area contributed by atoms with E-state index in [9.17, 15) is 18.7 Å². The maximum atomic E-state index is 12.5. The lowest BCUT2D eigenvalue weighted by Gasteiger charge is -2.27. The molecule has 0 spiro atoms. The van der Waals surface area contributed by atoms with Crippen molar-refractivity contribution in [1.82, 2.24) is 9.46 Å². The van der Waals surface area contributed by atoms with Crippen LogP contribution in [0.2, 0.25) is 0 Å². The predicted octanol–water partition coefficient (Wildman–Crippen LogP) is 3.92. The molecule has 3 rings (SSSR count). The number of rotatable bonds is 8. The van der Waals surface area contributed by atoms with Crippen LogP contribution >= 0.6 is 0 Å². The predicted molar refractivity (Wildman–Crippen MR) is 126 cm³/mol. The Balaban J connectivity index is 1.98. The highest BCUT2D eigenvalue weighted by atomic mass is 32.2. The van der Waals surface area contributed by atoms with E-state index < -0.39 is 21.8 Å². The van der Waals surface area contributed by atoms with E-state index in [4.69, 9.17) is 9.05 Å². The summed E-state index contributed by atoms with van der Waals surface area (Å²) >= 11 is 0. The molecule has 0 fully saturated rings. The molecule has 0 aliphatic carbocycles. The molecule has 2 heterocycles. The van der Waals surface area contributed by atoms with E-state index >= 15 is 0 Å². The van der Waals surface area contributed by atoms with Crippen molar-refractivity contribution in [2.24, 2.45) is 5.41 Å². The fourth-order valence-electron chi connectivity index (χ4n) is 3.28. The van der Waals surface area contributed by atoms with Crippen molar-refractivity contribution in [2.45, 2.75) is 51.5 Å². The van der Waals surface area contributed by atoms with Crippen LogP contribution in [0.15, 0.2) is 44.5 Å². The third kappa shape index (κ3) is 4.97. The number of hydrogen-bond donors (Lipinski definition) is 3. The SMILES string of the molecule is CC(C)c1coc([C@H](Nc2c(Nc3cccc(S(=O)(=O)N(C)C)c3O)no[n+]2[O-])C(C)(C)C)c1. The van der Waals surface area contributed by atoms with Gasteiger partial charge >= 0.3 is 11.6 Å². The molecule has 1 atom stereocenters. The fourth-order valence-corrected chi connectivity index (χ4v) is 4.28. The Kier molecular flexibility index (Phi) is 6.85. The quantitative estimate of drug-likeness (QED) is 0.313. The summed E-state index contributed by atoms with van der Waals surface area (Å²) < 4.78 is 36.6. The van der Waals surface area contributed by atoms with Gasteiger partial charge in [-0.2, -0.15) is 0 Å². The number of para-hydroxylation sites is 1. The molecular formula is C22H31N5O6S. The van der Waals surface area contributed by atoms with Crippen LogP contribution in [0.3, 0.4) is 0 Å². The van der Waals surface area contributed by atoms with Gasteiger partial charge in [-0.25, -0.2) is 12.7 Å². The first-order chi connectivity index (χ1) is 15.7. The molecule has 2 aromatic heterocycles. The molecule has 3 N–H and O–H groups in total. The second-order valence-electron chi connectivity index (χ2n) is 9.57. The van der Waals surface area contributed by atoms with Gasteiger partial charge in [0.15, 0.2) is 5.75 Å². The van der Waals surface area contributed by atoms with E-state index in [2.05, 4.69) is 29.6 Å². The van der Waals surface area contributed by atoms with Crippen molar-refractivity contribution in [3.05, 3.63) is 47.1 Å². The average molecular weight is 494 g/mol. The Morgan fingerprint density at radius 1 is 1.24 bits per heavy atom. The molecule has 3 aromatic rings. The number of anilines is 3. The number of nitrogens with zero attached hydrogens (tertiary/aromatic N) is 3. The minimum absolute atomic E-state index is 0.0328. The fraction of sp³-hybridized carbons (Fsp3) is 0.455. The number of furan rings is 1. The maximum Gasteiger partial charge on any atom is 0.320 e. The number of aromatic hydroxyl groups is 1. The number of aromatic nitrogens is 2. The van der Waals surface area contributed by atoms with Gasteiger partial charge in [0.2, 0.25) is 10.0 Å². The third-order valence-corrected chi connectivity index (χ3v) is 7.21. The Bertz CT molecular complexity index is 1260. The zero-order chi connectivity index (χ0) is 25.4. The van der Waals surface area contributed by atoms with Gasteiger partial charge in [-0.05, 0) is 34.8 Å². The lowest BCUT2D eigenvalue weighted by molar-refractivity contribution is -0.791. The van der Waals surface area contributed by atoms with Gasteiger partial charge in [0.25, 0.3) is 0 Å². The monoisotopic (exact) mass is 493 g/mol. The Morgan fingerprint density at radius 3 is 2.47 bits per heavy atom. The molecule has 0 aliphatic heterocycles. The van der Waals surface area contributed by atoms with E-state index in [1.165, 1.54) is 32.3 Å². The van der Waals surface area contributed by atoms with Gasteiger partial charge in [-0.3, -0.25) is 5.32 Å². The largest absolute Gasteiger partial charge is 0.504 e. The van der Waals surface area contributed by atoms with Crippen molar-refractivity contribution in [1.29, 1.82) is 0 Å². The van der Waals surface area contributed by atoms with Gasteiger partial charge in [-0.15, -0.1) is 0 Å². The third-order valence-electron chi connectivity index (χ3n) is 5.36. The van der Waals surface area contributed by atoms with Gasteiger partial charge < -0.3 is 24.7 Å². The zero-order valence-corrected chi connectivity index (χ0v) is 21.1. The molecule has 0 bridgehead atoms. The van der Waals surface area contributed by atoms with Crippen molar-refractivity contribution < 1.29 is 27.5 Å². The van der Waals surface area contributed by atoms with E-state index in [-0.39, 0.29) is 38.5 Å². The molecule has 0 unspecified atom stereocenters. The number of sulfonamides is 1. The normalized spacial score (nSPS) is 13.4. The second kappa shape index (κ2) is 9.18. The topological polar surface area (TPSA) is 148 Å². The summed E-state index contributed by atoms with van der Waals surface area (Å²) in [6, 6.07) is 5.70. The summed E-state index contributed by atoms with van der Waals surface area (Å²) in [5, 5.41) is 32.7. The molecule has 11 nitrogen and oxygen atoms in total. The lowest BCUT2D eigenvalue weighted by atomic mass is 9.85. The lowest BCUT2D eigenvalue weighted by Crippen LogP contribution is -2.33. The standard InChI is InChI=1S/C22H31N5O6S/c1-13(2)14-11-16(32-12-14)19(22(3,4)5)24-21-20(25-33-27(21)29)23-15-9-8-10-17(18(15)28)34(30,31)26(6)7/h8-13,19,24,28H,1-7H3,(H,23,25)/t19-/m0/s1. The van der Waals surface area contributed by atoms with Gasteiger partial charge in [0, 0.05) is 19.5 Å². The minimum Gasteiger partial charge on any atom is -0.504 e. The Morgan fingerprint density at radius 2 is 1.91 bits per heavy atom. The first kappa shape index (κ1) is 25.4. The molecule has 186 valence electrons. The summed E-state index contributed by atoms with van der Waals surface area (Å²) in [5.74, 6) is 0.300. The summed E-state index contributed by atoms with van der Waals surface area (Å²) in [6.45, 7) is 10.1. The number of nitrogens with one attached hydrogen (secondary N) is 2. The van der Waals surface area contributed by atoms with E-state index in [1.54, 1.807) is 6.26 Å². The van der Waals surface area contributed by atoms with Crippen molar-refractivity contribution in [3.63, 3.8) is 0 Å². The molecule has 12 heteroatoms. The number of phenolic OH excluding ortho intramolecular Hbond substituents is 1. The molecule has 0 amide bonds. The smallest absolute Gasteiger partial charge is 0.320 e. The van der Waals surface area contributed by atoms with E-state index in [0.717, 1.165) is 9.87 Å². The first-order valence-electron chi connectivity index (χ1n) is 10.7. The van der Waals surface area contributed by atoms with E-state index in [0.29, 0.717) is 5.76 Å². The van der Waals surface area contributed by atoms with Crippen molar-refractivity contribution in [3.8, 4) is 5.75 Å². The highest BCUT2D eigenvalue weighted by Gasteiger charge is 2.35.